The first-order valence-corrected chi connectivity index (χ1v) is 8.91. The fourth-order valence-electron chi connectivity index (χ4n) is 2.14. The molecule has 0 radical (unpaired) electrons. The first-order valence-electron chi connectivity index (χ1n) is 8.03. The highest BCUT2D eigenvalue weighted by molar-refractivity contribution is 8.00. The molecular weight excluding hydrogens is 338 g/mol. The number of carbonyl (C=O) groups excluding carboxylic acids is 1. The SMILES string of the molecule is Cc1occc1-c1nnc(SC(C)C(=O)NC(C)(C#N)C(C)C)n1C. The van der Waals surface area contributed by atoms with Crippen molar-refractivity contribution in [3.63, 3.8) is 0 Å². The molecule has 0 aliphatic carbocycles. The number of nitrogens with zero attached hydrogens (tertiary/aromatic N) is 4. The van der Waals surface area contributed by atoms with Crippen LogP contribution in [-0.4, -0.2) is 31.5 Å². The van der Waals surface area contributed by atoms with E-state index in [1.54, 1.807) is 20.1 Å². The van der Waals surface area contributed by atoms with E-state index in [0.717, 1.165) is 11.3 Å². The Kier molecular flexibility index (Phi) is 5.58. The van der Waals surface area contributed by atoms with Gasteiger partial charge in [0.25, 0.3) is 0 Å². The molecule has 2 unspecified atom stereocenters. The number of aromatic nitrogens is 3. The molecular formula is C17H23N5O2S. The third-order valence-corrected chi connectivity index (χ3v) is 5.49. The van der Waals surface area contributed by atoms with E-state index in [-0.39, 0.29) is 11.8 Å². The Balaban J connectivity index is 2.13. The molecule has 25 heavy (non-hydrogen) atoms. The van der Waals surface area contributed by atoms with Gasteiger partial charge in [0.15, 0.2) is 11.0 Å². The number of nitrogens with one attached hydrogen (secondary N) is 1. The number of thioether (sulfide) groups is 1. The van der Waals surface area contributed by atoms with Gasteiger partial charge in [-0.05, 0) is 32.8 Å². The van der Waals surface area contributed by atoms with Crippen molar-refractivity contribution in [1.82, 2.24) is 20.1 Å². The van der Waals surface area contributed by atoms with E-state index in [4.69, 9.17) is 4.42 Å². The summed E-state index contributed by atoms with van der Waals surface area (Å²) < 4.78 is 7.14. The minimum Gasteiger partial charge on any atom is -0.469 e. The van der Waals surface area contributed by atoms with E-state index in [2.05, 4.69) is 21.6 Å². The van der Waals surface area contributed by atoms with Gasteiger partial charge in [0.05, 0.1) is 23.1 Å². The van der Waals surface area contributed by atoms with Crippen LogP contribution in [0.2, 0.25) is 0 Å². The molecule has 1 amide bonds. The van der Waals surface area contributed by atoms with Crippen molar-refractivity contribution in [3.05, 3.63) is 18.1 Å². The quantitative estimate of drug-likeness (QED) is 0.795. The van der Waals surface area contributed by atoms with Crippen molar-refractivity contribution in [2.75, 3.05) is 0 Å². The van der Waals surface area contributed by atoms with Gasteiger partial charge < -0.3 is 14.3 Å². The lowest BCUT2D eigenvalue weighted by molar-refractivity contribution is -0.121. The molecule has 134 valence electrons. The smallest absolute Gasteiger partial charge is 0.234 e. The lowest BCUT2D eigenvalue weighted by atomic mass is 9.90. The minimum absolute atomic E-state index is 0.00384. The predicted octanol–water partition coefficient (Wildman–Crippen LogP) is 2.92. The Labute approximate surface area is 151 Å². The Bertz CT molecular complexity index is 804. The van der Waals surface area contributed by atoms with Crippen LogP contribution in [0, 0.1) is 24.2 Å². The zero-order valence-electron chi connectivity index (χ0n) is 15.3. The van der Waals surface area contributed by atoms with E-state index < -0.39 is 10.8 Å². The summed E-state index contributed by atoms with van der Waals surface area (Å²) in [7, 11) is 1.85. The van der Waals surface area contributed by atoms with Gasteiger partial charge in [-0.2, -0.15) is 5.26 Å². The molecule has 0 saturated heterocycles. The highest BCUT2D eigenvalue weighted by Crippen LogP contribution is 2.28. The van der Waals surface area contributed by atoms with Crippen LogP contribution in [0.3, 0.4) is 0 Å². The molecule has 2 atom stereocenters. The summed E-state index contributed by atoms with van der Waals surface area (Å²) in [6.07, 6.45) is 1.61. The van der Waals surface area contributed by atoms with Crippen LogP contribution in [0.5, 0.6) is 0 Å². The van der Waals surface area contributed by atoms with E-state index >= 15 is 0 Å². The molecule has 0 aromatic carbocycles. The lowest BCUT2D eigenvalue weighted by Crippen LogP contribution is -2.51. The van der Waals surface area contributed by atoms with E-state index in [1.165, 1.54) is 11.8 Å². The Hall–Kier alpha value is -2.27. The van der Waals surface area contributed by atoms with E-state index in [0.29, 0.717) is 11.0 Å². The van der Waals surface area contributed by atoms with Gasteiger partial charge in [0.1, 0.15) is 11.3 Å². The van der Waals surface area contributed by atoms with Crippen LogP contribution in [-0.2, 0) is 11.8 Å². The average molecular weight is 361 g/mol. The first kappa shape index (κ1) is 19.1. The summed E-state index contributed by atoms with van der Waals surface area (Å²) in [6.45, 7) is 9.19. The normalized spacial score (nSPS) is 14.8. The van der Waals surface area contributed by atoms with Crippen molar-refractivity contribution in [3.8, 4) is 17.5 Å². The molecule has 0 bridgehead atoms. The van der Waals surface area contributed by atoms with Gasteiger partial charge in [0.2, 0.25) is 5.91 Å². The molecule has 1 N–H and O–H groups in total. The van der Waals surface area contributed by atoms with Gasteiger partial charge >= 0.3 is 0 Å². The van der Waals surface area contributed by atoms with Gasteiger partial charge in [0, 0.05) is 7.05 Å². The van der Waals surface area contributed by atoms with Crippen LogP contribution in [0.25, 0.3) is 11.4 Å². The monoisotopic (exact) mass is 361 g/mol. The number of amides is 1. The fraction of sp³-hybridized carbons (Fsp3) is 0.529. The highest BCUT2D eigenvalue weighted by Gasteiger charge is 2.32. The molecule has 0 fully saturated rings. The van der Waals surface area contributed by atoms with E-state index in [1.807, 2.05) is 38.5 Å². The third kappa shape index (κ3) is 3.87. The Morgan fingerprint density at radius 1 is 1.44 bits per heavy atom. The van der Waals surface area contributed by atoms with E-state index in [9.17, 15) is 10.1 Å². The average Bonchev–Trinajstić information content (AvgIpc) is 3.13. The molecule has 0 aliphatic rings. The number of aryl methyl sites for hydroxylation is 1. The maximum atomic E-state index is 12.5. The third-order valence-electron chi connectivity index (χ3n) is 4.36. The Morgan fingerprint density at radius 3 is 2.64 bits per heavy atom. The second-order valence-corrected chi connectivity index (χ2v) is 7.78. The lowest BCUT2D eigenvalue weighted by Gasteiger charge is -2.28. The zero-order valence-corrected chi connectivity index (χ0v) is 16.1. The summed E-state index contributed by atoms with van der Waals surface area (Å²) in [6, 6.07) is 4.02. The molecule has 0 saturated carbocycles. The first-order chi connectivity index (χ1) is 11.7. The minimum atomic E-state index is -0.898. The van der Waals surface area contributed by atoms with Crippen molar-refractivity contribution in [2.45, 2.75) is 50.6 Å². The number of hydrogen-bond donors (Lipinski definition) is 1. The zero-order chi connectivity index (χ0) is 18.8. The van der Waals surface area contributed by atoms with Gasteiger partial charge in [-0.15, -0.1) is 10.2 Å². The molecule has 7 nitrogen and oxygen atoms in total. The summed E-state index contributed by atoms with van der Waals surface area (Å²) in [5, 5.41) is 20.8. The van der Waals surface area contributed by atoms with Crippen LogP contribution in [0.15, 0.2) is 21.9 Å². The molecule has 2 rings (SSSR count). The van der Waals surface area contributed by atoms with Crippen molar-refractivity contribution >= 4 is 17.7 Å². The molecule has 0 aliphatic heterocycles. The number of nitriles is 1. The number of rotatable bonds is 6. The van der Waals surface area contributed by atoms with Crippen molar-refractivity contribution in [1.29, 1.82) is 5.26 Å². The number of carbonyl (C=O) groups is 1. The maximum Gasteiger partial charge on any atom is 0.234 e. The maximum absolute atomic E-state index is 12.5. The van der Waals surface area contributed by atoms with Gasteiger partial charge in [-0.1, -0.05) is 25.6 Å². The standard InChI is InChI=1S/C17H23N5O2S/c1-10(2)17(5,9-18)19-15(23)12(4)25-16-21-20-14(22(16)6)13-7-8-24-11(13)3/h7-8,10,12H,1-6H3,(H,19,23). The topological polar surface area (TPSA) is 96.7 Å². The molecule has 2 aromatic heterocycles. The Morgan fingerprint density at radius 2 is 2.12 bits per heavy atom. The second-order valence-electron chi connectivity index (χ2n) is 6.47. The van der Waals surface area contributed by atoms with Gasteiger partial charge in [-0.25, -0.2) is 0 Å². The van der Waals surface area contributed by atoms with Crippen LogP contribution >= 0.6 is 11.8 Å². The van der Waals surface area contributed by atoms with Crippen LogP contribution in [0.1, 0.15) is 33.5 Å². The summed E-state index contributed by atoms with van der Waals surface area (Å²) in [4.78, 5) is 12.5. The number of furan rings is 1. The summed E-state index contributed by atoms with van der Waals surface area (Å²) in [5.74, 6) is 1.25. The summed E-state index contributed by atoms with van der Waals surface area (Å²) >= 11 is 1.30. The van der Waals surface area contributed by atoms with Crippen molar-refractivity contribution < 1.29 is 9.21 Å². The predicted molar refractivity (Wildman–Crippen MR) is 95.8 cm³/mol. The van der Waals surface area contributed by atoms with Gasteiger partial charge in [-0.3, -0.25) is 4.79 Å². The van der Waals surface area contributed by atoms with Crippen molar-refractivity contribution in [2.24, 2.45) is 13.0 Å². The molecule has 2 heterocycles. The second kappa shape index (κ2) is 7.31. The largest absolute Gasteiger partial charge is 0.469 e. The molecule has 0 spiro atoms. The van der Waals surface area contributed by atoms with Crippen LogP contribution in [0.4, 0.5) is 0 Å². The van der Waals surface area contributed by atoms with Crippen LogP contribution < -0.4 is 5.32 Å². The molecule has 8 heteroatoms. The fourth-order valence-corrected chi connectivity index (χ4v) is 2.95. The number of hydrogen-bond acceptors (Lipinski definition) is 6. The molecule has 2 aromatic rings. The summed E-state index contributed by atoms with van der Waals surface area (Å²) in [5.41, 5.74) is -0.0268. The highest BCUT2D eigenvalue weighted by atomic mass is 32.2.